The van der Waals surface area contributed by atoms with Crippen LogP contribution in [0.2, 0.25) is 0 Å². The maximum atomic E-state index is 13.9. The number of hydrogen-bond acceptors (Lipinski definition) is 4. The van der Waals surface area contributed by atoms with Crippen LogP contribution in [0.1, 0.15) is 0 Å². The molecule has 1 N–H and O–H groups in total. The van der Waals surface area contributed by atoms with Crippen LogP contribution in [-0.2, 0) is 20.1 Å². The fraction of sp³-hybridized carbons (Fsp3) is 0.0769. The number of alkyl halides is 2. The van der Waals surface area contributed by atoms with Gasteiger partial charge in [-0.15, -0.1) is 0 Å². The van der Waals surface area contributed by atoms with Gasteiger partial charge in [-0.3, -0.25) is 4.55 Å². The summed E-state index contributed by atoms with van der Waals surface area (Å²) in [6.07, 6.45) is 0. The lowest BCUT2D eigenvalue weighted by atomic mass is 10.3. The Hall–Kier alpha value is -2.04. The Morgan fingerprint density at radius 1 is 0.783 bits per heavy atom. The fourth-order valence-corrected chi connectivity index (χ4v) is 4.09. The highest BCUT2D eigenvalue weighted by Crippen LogP contribution is 2.38. The van der Waals surface area contributed by atoms with Gasteiger partial charge in [0.1, 0.15) is 0 Å². The average molecular weight is 363 g/mol. The SMILES string of the molecule is O=S(=O)(O)C(F)(F)S(=O)(=O)N(c1ccccc1)c1ccccc1. The van der Waals surface area contributed by atoms with Gasteiger partial charge in [-0.25, -0.2) is 4.31 Å². The second-order valence-electron chi connectivity index (χ2n) is 4.38. The molecule has 0 atom stereocenters. The van der Waals surface area contributed by atoms with Crippen LogP contribution in [0.5, 0.6) is 0 Å². The second kappa shape index (κ2) is 5.87. The number of sulfonamides is 1. The molecule has 2 aromatic rings. The van der Waals surface area contributed by atoms with E-state index < -0.39 is 24.7 Å². The Balaban J connectivity index is 2.74. The van der Waals surface area contributed by atoms with Gasteiger partial charge >= 0.3 is 24.7 Å². The summed E-state index contributed by atoms with van der Waals surface area (Å²) in [6, 6.07) is 13.5. The first-order valence-corrected chi connectivity index (χ1v) is 8.97. The van der Waals surface area contributed by atoms with Crippen molar-refractivity contribution in [2.45, 2.75) is 4.59 Å². The van der Waals surface area contributed by atoms with Crippen molar-refractivity contribution in [1.29, 1.82) is 0 Å². The van der Waals surface area contributed by atoms with Crippen LogP contribution in [0.25, 0.3) is 0 Å². The maximum absolute atomic E-state index is 13.9. The molecule has 0 aliphatic carbocycles. The molecule has 0 bridgehead atoms. The summed E-state index contributed by atoms with van der Waals surface area (Å²) >= 11 is 0. The maximum Gasteiger partial charge on any atom is 0.490 e. The molecule has 0 fully saturated rings. The molecule has 0 unspecified atom stereocenters. The van der Waals surface area contributed by atoms with E-state index in [4.69, 9.17) is 4.55 Å². The van der Waals surface area contributed by atoms with E-state index in [1.165, 1.54) is 60.7 Å². The van der Waals surface area contributed by atoms with Gasteiger partial charge in [0.05, 0.1) is 11.4 Å². The highest BCUT2D eigenvalue weighted by atomic mass is 32.3. The van der Waals surface area contributed by atoms with Crippen LogP contribution in [0.15, 0.2) is 60.7 Å². The highest BCUT2D eigenvalue weighted by molar-refractivity contribution is 8.08. The molecular weight excluding hydrogens is 352 g/mol. The summed E-state index contributed by atoms with van der Waals surface area (Å²) in [5.74, 6) is 0. The van der Waals surface area contributed by atoms with Crippen LogP contribution >= 0.6 is 0 Å². The van der Waals surface area contributed by atoms with Crippen LogP contribution in [0, 0.1) is 0 Å². The number of nitrogens with zero attached hydrogens (tertiary/aromatic N) is 1. The quantitative estimate of drug-likeness (QED) is 0.825. The lowest BCUT2D eigenvalue weighted by Gasteiger charge is -2.27. The van der Waals surface area contributed by atoms with Gasteiger partial charge in [-0.2, -0.15) is 25.6 Å². The summed E-state index contributed by atoms with van der Waals surface area (Å²) in [7, 11) is -12.0. The molecule has 124 valence electrons. The normalized spacial score (nSPS) is 12.8. The van der Waals surface area contributed by atoms with Gasteiger partial charge in [0.15, 0.2) is 0 Å². The molecule has 2 rings (SSSR count). The number of hydrogen-bond donors (Lipinski definition) is 1. The van der Waals surface area contributed by atoms with Crippen molar-refractivity contribution in [2.24, 2.45) is 0 Å². The minimum Gasteiger partial charge on any atom is -0.280 e. The zero-order valence-corrected chi connectivity index (χ0v) is 13.0. The van der Waals surface area contributed by atoms with Gasteiger partial charge in [0, 0.05) is 0 Å². The van der Waals surface area contributed by atoms with Crippen molar-refractivity contribution in [3.8, 4) is 0 Å². The van der Waals surface area contributed by atoms with E-state index in [9.17, 15) is 25.6 Å². The molecule has 0 aliphatic rings. The topological polar surface area (TPSA) is 91.7 Å². The van der Waals surface area contributed by atoms with Crippen molar-refractivity contribution in [3.05, 3.63) is 60.7 Å². The molecule has 0 amide bonds. The van der Waals surface area contributed by atoms with Gasteiger partial charge in [0.25, 0.3) is 0 Å². The third kappa shape index (κ3) is 3.05. The van der Waals surface area contributed by atoms with Crippen LogP contribution in [0.4, 0.5) is 20.2 Å². The van der Waals surface area contributed by atoms with Gasteiger partial charge < -0.3 is 0 Å². The van der Waals surface area contributed by atoms with Crippen LogP contribution in [0.3, 0.4) is 0 Å². The van der Waals surface area contributed by atoms with Gasteiger partial charge in [-0.1, -0.05) is 36.4 Å². The Morgan fingerprint density at radius 3 is 1.43 bits per heavy atom. The van der Waals surface area contributed by atoms with Gasteiger partial charge in [0.2, 0.25) is 0 Å². The predicted octanol–water partition coefficient (Wildman–Crippen LogP) is 2.59. The van der Waals surface area contributed by atoms with Crippen LogP contribution in [-0.4, -0.2) is 26.0 Å². The van der Waals surface area contributed by atoms with E-state index in [0.29, 0.717) is 0 Å². The van der Waals surface area contributed by atoms with Crippen molar-refractivity contribution < 1.29 is 30.2 Å². The third-order valence-corrected chi connectivity index (χ3v) is 6.19. The Labute approximate surface area is 131 Å². The molecule has 0 aromatic heterocycles. The lowest BCUT2D eigenvalue weighted by Crippen LogP contribution is -2.45. The molecule has 10 heteroatoms. The third-order valence-electron chi connectivity index (χ3n) is 2.82. The molecule has 0 saturated carbocycles. The Bertz CT molecular complexity index is 845. The highest BCUT2D eigenvalue weighted by Gasteiger charge is 2.60. The summed E-state index contributed by atoms with van der Waals surface area (Å²) < 4.78 is 77.3. The van der Waals surface area contributed by atoms with E-state index in [0.717, 1.165) is 0 Å². The summed E-state index contributed by atoms with van der Waals surface area (Å²) in [5, 5.41) is 0. The van der Waals surface area contributed by atoms with Crippen molar-refractivity contribution in [2.75, 3.05) is 4.31 Å². The molecule has 0 radical (unpaired) electrons. The molecule has 0 heterocycles. The number of halogens is 2. The van der Waals surface area contributed by atoms with Gasteiger partial charge in [-0.05, 0) is 24.3 Å². The first-order valence-electron chi connectivity index (χ1n) is 6.09. The Kier molecular flexibility index (Phi) is 4.42. The number of benzene rings is 2. The largest absolute Gasteiger partial charge is 0.490 e. The monoisotopic (exact) mass is 363 g/mol. The number of rotatable bonds is 5. The first kappa shape index (κ1) is 17.3. The number of para-hydroxylation sites is 2. The fourth-order valence-electron chi connectivity index (χ4n) is 1.79. The zero-order valence-electron chi connectivity index (χ0n) is 11.4. The van der Waals surface area contributed by atoms with E-state index in [1.54, 1.807) is 0 Å². The standard InChI is InChI=1S/C13H11F2NO5S2/c14-13(15,23(19,20)21)22(17,18)16(11-7-3-1-4-8-11)12-9-5-2-6-10-12/h1-10H,(H,19,20,21). The van der Waals surface area contributed by atoms with E-state index in [2.05, 4.69) is 0 Å². The van der Waals surface area contributed by atoms with Crippen LogP contribution < -0.4 is 4.31 Å². The molecule has 0 spiro atoms. The molecule has 0 saturated heterocycles. The van der Waals surface area contributed by atoms with E-state index in [1.807, 2.05) is 0 Å². The Morgan fingerprint density at radius 2 is 1.13 bits per heavy atom. The van der Waals surface area contributed by atoms with Crippen molar-refractivity contribution in [3.63, 3.8) is 0 Å². The lowest BCUT2D eigenvalue weighted by molar-refractivity contribution is 0.166. The van der Waals surface area contributed by atoms with E-state index in [-0.39, 0.29) is 15.7 Å². The van der Waals surface area contributed by atoms with Crippen molar-refractivity contribution >= 4 is 31.5 Å². The molecular formula is C13H11F2NO5S2. The smallest absolute Gasteiger partial charge is 0.280 e. The average Bonchev–Trinajstić information content (AvgIpc) is 2.48. The first-order chi connectivity index (χ1) is 10.6. The molecule has 23 heavy (non-hydrogen) atoms. The van der Waals surface area contributed by atoms with E-state index >= 15 is 0 Å². The molecule has 2 aromatic carbocycles. The second-order valence-corrected chi connectivity index (χ2v) is 7.93. The summed E-state index contributed by atoms with van der Waals surface area (Å²) in [4.78, 5) is 0. The zero-order chi connectivity index (χ0) is 17.3. The van der Waals surface area contributed by atoms with Crippen molar-refractivity contribution in [1.82, 2.24) is 0 Å². The molecule has 6 nitrogen and oxygen atoms in total. The minimum absolute atomic E-state index is 0.167. The molecule has 0 aliphatic heterocycles. The summed E-state index contributed by atoms with van der Waals surface area (Å²) in [5.41, 5.74) is -0.413. The predicted molar refractivity (Wildman–Crippen MR) is 80.4 cm³/mol. The summed E-state index contributed by atoms with van der Waals surface area (Å²) in [6.45, 7) is 0. The minimum atomic E-state index is -6.18. The number of anilines is 2.